The molecule has 0 fully saturated rings. The Morgan fingerprint density at radius 1 is 1.21 bits per heavy atom. The van der Waals surface area contributed by atoms with Crippen LogP contribution in [0.5, 0.6) is 0 Å². The van der Waals surface area contributed by atoms with E-state index in [0.717, 1.165) is 49.0 Å². The van der Waals surface area contributed by atoms with Gasteiger partial charge < -0.3 is 11.1 Å². The fraction of sp³-hybridized carbons (Fsp3) is 0.562. The van der Waals surface area contributed by atoms with Gasteiger partial charge in [0.15, 0.2) is 0 Å². The van der Waals surface area contributed by atoms with Gasteiger partial charge in [0.1, 0.15) is 0 Å². The van der Waals surface area contributed by atoms with Gasteiger partial charge in [-0.2, -0.15) is 0 Å². The number of nitrogen functional groups attached to an aromatic ring is 1. The van der Waals surface area contributed by atoms with Crippen molar-refractivity contribution < 1.29 is 4.79 Å². The molecule has 1 amide bonds. The summed E-state index contributed by atoms with van der Waals surface area (Å²) in [4.78, 5) is 12.2. The van der Waals surface area contributed by atoms with E-state index in [1.54, 1.807) is 0 Å². The summed E-state index contributed by atoms with van der Waals surface area (Å²) in [5.41, 5.74) is 8.63. The van der Waals surface area contributed by atoms with Gasteiger partial charge in [-0.25, -0.2) is 0 Å². The van der Waals surface area contributed by atoms with Crippen molar-refractivity contribution in [1.29, 1.82) is 0 Å². The van der Waals surface area contributed by atoms with Crippen molar-refractivity contribution in [1.82, 2.24) is 0 Å². The number of carbonyl (C=O) groups excluding carboxylic acids is 1. The van der Waals surface area contributed by atoms with Crippen molar-refractivity contribution in [2.24, 2.45) is 5.92 Å². The first kappa shape index (κ1) is 15.5. The van der Waals surface area contributed by atoms with Crippen molar-refractivity contribution in [3.8, 4) is 0 Å². The summed E-state index contributed by atoms with van der Waals surface area (Å²) in [6, 6.07) is 5.77. The Kier molecular flexibility index (Phi) is 6.40. The molecule has 0 atom stereocenters. The zero-order valence-corrected chi connectivity index (χ0v) is 12.3. The van der Waals surface area contributed by atoms with E-state index in [4.69, 9.17) is 5.73 Å². The van der Waals surface area contributed by atoms with Gasteiger partial charge in [-0.15, -0.1) is 0 Å². The molecule has 1 rings (SSSR count). The van der Waals surface area contributed by atoms with Crippen LogP contribution >= 0.6 is 0 Å². The van der Waals surface area contributed by atoms with Crippen molar-refractivity contribution in [2.75, 3.05) is 11.1 Å². The average Bonchev–Trinajstić information content (AvgIpc) is 2.38. The molecule has 0 saturated heterocycles. The highest BCUT2D eigenvalue weighted by molar-refractivity contribution is 5.93. The summed E-state index contributed by atoms with van der Waals surface area (Å²) in [5.74, 6) is 0.231. The topological polar surface area (TPSA) is 55.1 Å². The maximum Gasteiger partial charge on any atom is 0.227 e. The van der Waals surface area contributed by atoms with Crippen LogP contribution in [-0.2, 0) is 11.2 Å². The molecule has 0 spiro atoms. The number of amides is 1. The zero-order valence-electron chi connectivity index (χ0n) is 12.3. The molecule has 3 N–H and O–H groups in total. The van der Waals surface area contributed by atoms with Gasteiger partial charge in [-0.3, -0.25) is 4.79 Å². The van der Waals surface area contributed by atoms with E-state index in [0.29, 0.717) is 0 Å². The minimum Gasteiger partial charge on any atom is -0.398 e. The molecule has 1 aromatic rings. The lowest BCUT2D eigenvalue weighted by Gasteiger charge is -2.16. The molecule has 0 aliphatic rings. The van der Waals surface area contributed by atoms with Crippen LogP contribution in [0.4, 0.5) is 11.4 Å². The van der Waals surface area contributed by atoms with Crippen LogP contribution in [0.3, 0.4) is 0 Å². The summed E-state index contributed by atoms with van der Waals surface area (Å²) < 4.78 is 0. The van der Waals surface area contributed by atoms with E-state index in [1.807, 2.05) is 18.2 Å². The minimum absolute atomic E-state index is 0.113. The molecule has 0 heterocycles. The SMILES string of the molecule is CCCC(CCC)C(=O)Nc1ccc(CC)c(N)c1. The zero-order chi connectivity index (χ0) is 14.3. The van der Waals surface area contributed by atoms with Crippen LogP contribution in [0.2, 0.25) is 0 Å². The Balaban J connectivity index is 2.71. The van der Waals surface area contributed by atoms with Crippen molar-refractivity contribution in [2.45, 2.75) is 52.9 Å². The largest absolute Gasteiger partial charge is 0.398 e. The fourth-order valence-corrected chi connectivity index (χ4v) is 2.34. The van der Waals surface area contributed by atoms with Crippen LogP contribution in [0.25, 0.3) is 0 Å². The summed E-state index contributed by atoms with van der Waals surface area (Å²) >= 11 is 0. The van der Waals surface area contributed by atoms with Gasteiger partial charge >= 0.3 is 0 Å². The first-order chi connectivity index (χ1) is 9.12. The molecule has 0 radical (unpaired) electrons. The maximum absolute atomic E-state index is 12.2. The molecule has 1 aromatic carbocycles. The molecule has 0 aromatic heterocycles. The number of carbonyl (C=O) groups is 1. The number of aryl methyl sites for hydroxylation is 1. The first-order valence-corrected chi connectivity index (χ1v) is 7.31. The molecule has 0 saturated carbocycles. The smallest absolute Gasteiger partial charge is 0.227 e. The third-order valence-electron chi connectivity index (χ3n) is 3.44. The van der Waals surface area contributed by atoms with E-state index in [-0.39, 0.29) is 11.8 Å². The third kappa shape index (κ3) is 4.58. The number of benzene rings is 1. The van der Waals surface area contributed by atoms with Crippen LogP contribution in [0, 0.1) is 5.92 Å². The lowest BCUT2D eigenvalue weighted by molar-refractivity contribution is -0.120. The van der Waals surface area contributed by atoms with Crippen LogP contribution in [-0.4, -0.2) is 5.91 Å². The fourth-order valence-electron chi connectivity index (χ4n) is 2.34. The van der Waals surface area contributed by atoms with Crippen molar-refractivity contribution in [3.05, 3.63) is 23.8 Å². The number of nitrogens with one attached hydrogen (secondary N) is 1. The Hall–Kier alpha value is -1.51. The highest BCUT2D eigenvalue weighted by atomic mass is 16.1. The van der Waals surface area contributed by atoms with E-state index < -0.39 is 0 Å². The summed E-state index contributed by atoms with van der Waals surface area (Å²) in [5, 5.41) is 2.98. The second-order valence-corrected chi connectivity index (χ2v) is 5.03. The van der Waals surface area contributed by atoms with Gasteiger partial charge in [0, 0.05) is 17.3 Å². The minimum atomic E-state index is 0.113. The summed E-state index contributed by atoms with van der Waals surface area (Å²) in [6.45, 7) is 6.30. The Labute approximate surface area is 116 Å². The molecule has 19 heavy (non-hydrogen) atoms. The standard InChI is InChI=1S/C16H26N2O/c1-4-7-13(8-5-2)16(19)18-14-10-9-12(6-3)15(17)11-14/h9-11,13H,4-8,17H2,1-3H3,(H,18,19). The predicted octanol–water partition coefficient (Wildman–Crippen LogP) is 3.99. The molecule has 0 aliphatic heterocycles. The van der Waals surface area contributed by atoms with Crippen molar-refractivity contribution >= 4 is 17.3 Å². The lowest BCUT2D eigenvalue weighted by Crippen LogP contribution is -2.22. The van der Waals surface area contributed by atoms with Crippen LogP contribution < -0.4 is 11.1 Å². The molecule has 3 heteroatoms. The van der Waals surface area contributed by atoms with Gasteiger partial charge in [0.05, 0.1) is 0 Å². The predicted molar refractivity (Wildman–Crippen MR) is 82.2 cm³/mol. The molecular weight excluding hydrogens is 236 g/mol. The van der Waals surface area contributed by atoms with Gasteiger partial charge in [0.2, 0.25) is 5.91 Å². The second kappa shape index (κ2) is 7.82. The average molecular weight is 262 g/mol. The molecule has 0 aliphatic carbocycles. The Bertz CT molecular complexity index is 409. The Morgan fingerprint density at radius 2 is 1.84 bits per heavy atom. The van der Waals surface area contributed by atoms with Gasteiger partial charge in [-0.05, 0) is 37.0 Å². The number of anilines is 2. The molecule has 3 nitrogen and oxygen atoms in total. The number of hydrogen-bond acceptors (Lipinski definition) is 2. The van der Waals surface area contributed by atoms with E-state index in [1.165, 1.54) is 0 Å². The Morgan fingerprint density at radius 3 is 2.32 bits per heavy atom. The summed E-state index contributed by atoms with van der Waals surface area (Å²) in [6.07, 6.45) is 4.88. The third-order valence-corrected chi connectivity index (χ3v) is 3.44. The number of rotatable bonds is 7. The highest BCUT2D eigenvalue weighted by Crippen LogP contribution is 2.21. The van der Waals surface area contributed by atoms with Crippen LogP contribution in [0.1, 0.15) is 52.0 Å². The molecule has 106 valence electrons. The van der Waals surface area contributed by atoms with E-state index >= 15 is 0 Å². The normalized spacial score (nSPS) is 10.7. The quantitative estimate of drug-likeness (QED) is 0.730. The molecule has 0 unspecified atom stereocenters. The highest BCUT2D eigenvalue weighted by Gasteiger charge is 2.16. The van der Waals surface area contributed by atoms with E-state index in [2.05, 4.69) is 26.1 Å². The molecule has 0 bridgehead atoms. The second-order valence-electron chi connectivity index (χ2n) is 5.03. The monoisotopic (exact) mass is 262 g/mol. The van der Waals surface area contributed by atoms with Gasteiger partial charge in [0.25, 0.3) is 0 Å². The van der Waals surface area contributed by atoms with Gasteiger partial charge in [-0.1, -0.05) is 39.7 Å². The van der Waals surface area contributed by atoms with Crippen molar-refractivity contribution in [3.63, 3.8) is 0 Å². The van der Waals surface area contributed by atoms with E-state index in [9.17, 15) is 4.79 Å². The van der Waals surface area contributed by atoms with Crippen LogP contribution in [0.15, 0.2) is 18.2 Å². The maximum atomic E-state index is 12.2. The first-order valence-electron chi connectivity index (χ1n) is 7.31. The summed E-state index contributed by atoms with van der Waals surface area (Å²) in [7, 11) is 0. The molecular formula is C16H26N2O. The number of nitrogens with two attached hydrogens (primary N) is 1. The lowest BCUT2D eigenvalue weighted by atomic mass is 9.97. The number of hydrogen-bond donors (Lipinski definition) is 2.